The molecule has 1 heterocycles. The molecule has 0 unspecified atom stereocenters. The Bertz CT molecular complexity index is 523. The largest absolute Gasteiger partial charge is 0.469 e. The molecule has 5 nitrogen and oxygen atoms in total. The molecule has 0 radical (unpaired) electrons. The molecule has 0 atom stereocenters. The van der Waals surface area contributed by atoms with Gasteiger partial charge in [0.1, 0.15) is 0 Å². The minimum atomic E-state index is -0.307. The molecular weight excluding hydrogens is 282 g/mol. The Morgan fingerprint density at radius 2 is 1.95 bits per heavy atom. The maximum Gasteiger partial charge on any atom is 0.307 e. The molecule has 5 heteroatoms. The number of anilines is 1. The van der Waals surface area contributed by atoms with E-state index >= 15 is 0 Å². The van der Waals surface area contributed by atoms with Crippen LogP contribution in [0.15, 0.2) is 24.3 Å². The van der Waals surface area contributed by atoms with Crippen molar-refractivity contribution in [1.82, 2.24) is 0 Å². The summed E-state index contributed by atoms with van der Waals surface area (Å²) in [7, 11) is 1.36. The van der Waals surface area contributed by atoms with Crippen LogP contribution in [0.25, 0.3) is 0 Å². The van der Waals surface area contributed by atoms with Crippen LogP contribution in [0, 0.1) is 12.8 Å². The number of carbonyl (C=O) groups is 2. The summed E-state index contributed by atoms with van der Waals surface area (Å²) in [6.45, 7) is 3.55. The molecule has 0 aliphatic carbocycles. The summed E-state index contributed by atoms with van der Waals surface area (Å²) < 4.78 is 10.0. The van der Waals surface area contributed by atoms with Crippen LogP contribution in [0.1, 0.15) is 24.8 Å². The van der Waals surface area contributed by atoms with E-state index in [0.717, 1.165) is 24.1 Å². The maximum absolute atomic E-state index is 12.9. The lowest BCUT2D eigenvalue weighted by Crippen LogP contribution is -2.40. The first-order valence-corrected chi connectivity index (χ1v) is 7.65. The van der Waals surface area contributed by atoms with Gasteiger partial charge in [-0.25, -0.2) is 0 Å². The van der Waals surface area contributed by atoms with Crippen LogP contribution >= 0.6 is 0 Å². The fourth-order valence-electron chi connectivity index (χ4n) is 2.69. The average molecular weight is 305 g/mol. The van der Waals surface area contributed by atoms with Gasteiger partial charge in [-0.3, -0.25) is 9.59 Å². The number of methoxy groups -OCH3 is 1. The standard InChI is InChI=1S/C17H23NO4/c1-13-5-3-4-6-15(13)18(10-7-16(19)21-2)17(20)14-8-11-22-12-9-14/h3-6,14H,7-12H2,1-2H3. The van der Waals surface area contributed by atoms with Gasteiger partial charge in [0.05, 0.1) is 13.5 Å². The molecule has 1 aromatic carbocycles. The summed E-state index contributed by atoms with van der Waals surface area (Å²) in [5, 5.41) is 0. The number of nitrogens with zero attached hydrogens (tertiary/aromatic N) is 1. The quantitative estimate of drug-likeness (QED) is 0.783. The van der Waals surface area contributed by atoms with Crippen molar-refractivity contribution in [2.45, 2.75) is 26.2 Å². The molecule has 2 rings (SSSR count). The van der Waals surface area contributed by atoms with Crippen molar-refractivity contribution in [2.75, 3.05) is 31.8 Å². The third-order valence-corrected chi connectivity index (χ3v) is 4.01. The van der Waals surface area contributed by atoms with Crippen molar-refractivity contribution in [1.29, 1.82) is 0 Å². The van der Waals surface area contributed by atoms with Gasteiger partial charge in [0.2, 0.25) is 5.91 Å². The van der Waals surface area contributed by atoms with Gasteiger partial charge in [-0.2, -0.15) is 0 Å². The molecule has 22 heavy (non-hydrogen) atoms. The normalized spacial score (nSPS) is 15.4. The number of para-hydroxylation sites is 1. The summed E-state index contributed by atoms with van der Waals surface area (Å²) in [4.78, 5) is 26.0. The number of ether oxygens (including phenoxy) is 2. The van der Waals surface area contributed by atoms with Gasteiger partial charge in [-0.15, -0.1) is 0 Å². The third kappa shape index (κ3) is 4.07. The molecule has 1 saturated heterocycles. The fraction of sp³-hybridized carbons (Fsp3) is 0.529. The van der Waals surface area contributed by atoms with Crippen molar-refractivity contribution in [3.8, 4) is 0 Å². The Morgan fingerprint density at radius 3 is 2.59 bits per heavy atom. The highest BCUT2D eigenvalue weighted by molar-refractivity contribution is 5.96. The fourth-order valence-corrected chi connectivity index (χ4v) is 2.69. The zero-order valence-electron chi connectivity index (χ0n) is 13.2. The van der Waals surface area contributed by atoms with Crippen LogP contribution in [0.4, 0.5) is 5.69 Å². The molecule has 120 valence electrons. The number of rotatable bonds is 5. The Hall–Kier alpha value is -1.88. The first-order valence-electron chi connectivity index (χ1n) is 7.65. The maximum atomic E-state index is 12.9. The molecular formula is C17H23NO4. The predicted octanol–water partition coefficient (Wildman–Crippen LogP) is 2.32. The Labute approximate surface area is 131 Å². The Morgan fingerprint density at radius 1 is 1.27 bits per heavy atom. The minimum absolute atomic E-state index is 0.0361. The highest BCUT2D eigenvalue weighted by Gasteiger charge is 2.28. The average Bonchev–Trinajstić information content (AvgIpc) is 2.56. The molecule has 0 aromatic heterocycles. The van der Waals surface area contributed by atoms with Gasteiger partial charge in [0.25, 0.3) is 0 Å². The zero-order valence-corrected chi connectivity index (χ0v) is 13.2. The van der Waals surface area contributed by atoms with Crippen LogP contribution in [-0.4, -0.2) is 38.7 Å². The molecule has 1 fully saturated rings. The lowest BCUT2D eigenvalue weighted by molar-refractivity contribution is -0.140. The zero-order chi connectivity index (χ0) is 15.9. The van der Waals surface area contributed by atoms with E-state index < -0.39 is 0 Å². The highest BCUT2D eigenvalue weighted by atomic mass is 16.5. The molecule has 1 aliphatic rings. The summed E-state index contributed by atoms with van der Waals surface area (Å²) in [5.41, 5.74) is 1.88. The van der Waals surface area contributed by atoms with Crippen molar-refractivity contribution in [3.63, 3.8) is 0 Å². The number of hydrogen-bond acceptors (Lipinski definition) is 4. The number of hydrogen-bond donors (Lipinski definition) is 0. The van der Waals surface area contributed by atoms with E-state index in [9.17, 15) is 9.59 Å². The molecule has 0 saturated carbocycles. The summed E-state index contributed by atoms with van der Waals surface area (Å²) in [5.74, 6) is -0.272. The first kappa shape index (κ1) is 16.5. The Balaban J connectivity index is 2.18. The number of benzene rings is 1. The van der Waals surface area contributed by atoms with Crippen LogP contribution in [-0.2, 0) is 19.1 Å². The van der Waals surface area contributed by atoms with Crippen molar-refractivity contribution < 1.29 is 19.1 Å². The van der Waals surface area contributed by atoms with Crippen LogP contribution < -0.4 is 4.90 Å². The SMILES string of the molecule is COC(=O)CCN(C(=O)C1CCOCC1)c1ccccc1C. The number of carbonyl (C=O) groups excluding carboxylic acids is 2. The predicted molar refractivity (Wildman–Crippen MR) is 83.7 cm³/mol. The lowest BCUT2D eigenvalue weighted by atomic mass is 9.97. The van der Waals surface area contributed by atoms with E-state index in [2.05, 4.69) is 0 Å². The lowest BCUT2D eigenvalue weighted by Gasteiger charge is -2.30. The van der Waals surface area contributed by atoms with Crippen LogP contribution in [0.5, 0.6) is 0 Å². The Kier molecular flexibility index (Phi) is 5.95. The van der Waals surface area contributed by atoms with Gasteiger partial charge in [0, 0.05) is 31.4 Å². The molecule has 0 bridgehead atoms. The van der Waals surface area contributed by atoms with Gasteiger partial charge in [0.15, 0.2) is 0 Å². The van der Waals surface area contributed by atoms with Crippen molar-refractivity contribution in [2.24, 2.45) is 5.92 Å². The van der Waals surface area contributed by atoms with E-state index in [1.807, 2.05) is 31.2 Å². The summed E-state index contributed by atoms with van der Waals surface area (Å²) in [6.07, 6.45) is 1.67. The molecule has 1 amide bonds. The second-order valence-corrected chi connectivity index (χ2v) is 5.49. The van der Waals surface area contributed by atoms with Gasteiger partial charge in [-0.05, 0) is 31.4 Å². The van der Waals surface area contributed by atoms with E-state index in [0.29, 0.717) is 19.8 Å². The molecule has 0 spiro atoms. The first-order chi connectivity index (χ1) is 10.6. The van der Waals surface area contributed by atoms with Crippen LogP contribution in [0.3, 0.4) is 0 Å². The van der Waals surface area contributed by atoms with E-state index in [1.54, 1.807) is 4.90 Å². The molecule has 1 aromatic rings. The minimum Gasteiger partial charge on any atom is -0.469 e. The number of esters is 1. The van der Waals surface area contributed by atoms with E-state index in [1.165, 1.54) is 7.11 Å². The summed E-state index contributed by atoms with van der Waals surface area (Å²) >= 11 is 0. The number of aryl methyl sites for hydroxylation is 1. The van der Waals surface area contributed by atoms with Crippen molar-refractivity contribution >= 4 is 17.6 Å². The smallest absolute Gasteiger partial charge is 0.307 e. The van der Waals surface area contributed by atoms with Crippen molar-refractivity contribution in [3.05, 3.63) is 29.8 Å². The van der Waals surface area contributed by atoms with Crippen LogP contribution in [0.2, 0.25) is 0 Å². The second kappa shape index (κ2) is 7.94. The topological polar surface area (TPSA) is 55.8 Å². The summed E-state index contributed by atoms with van der Waals surface area (Å²) in [6, 6.07) is 7.74. The van der Waals surface area contributed by atoms with Gasteiger partial charge >= 0.3 is 5.97 Å². The third-order valence-electron chi connectivity index (χ3n) is 4.01. The second-order valence-electron chi connectivity index (χ2n) is 5.49. The number of amides is 1. The molecule has 1 aliphatic heterocycles. The monoisotopic (exact) mass is 305 g/mol. The highest BCUT2D eigenvalue weighted by Crippen LogP contribution is 2.25. The molecule has 0 N–H and O–H groups in total. The van der Waals surface area contributed by atoms with Gasteiger partial charge < -0.3 is 14.4 Å². The van der Waals surface area contributed by atoms with E-state index in [4.69, 9.17) is 9.47 Å². The van der Waals surface area contributed by atoms with E-state index in [-0.39, 0.29) is 24.2 Å². The van der Waals surface area contributed by atoms with Gasteiger partial charge in [-0.1, -0.05) is 18.2 Å².